The highest BCUT2D eigenvalue weighted by Crippen LogP contribution is 2.35. The third-order valence-corrected chi connectivity index (χ3v) is 4.23. The molecule has 0 aliphatic carbocycles. The van der Waals surface area contributed by atoms with Gasteiger partial charge in [0.25, 0.3) is 0 Å². The zero-order valence-electron chi connectivity index (χ0n) is 12.5. The van der Waals surface area contributed by atoms with E-state index in [1.165, 1.54) is 12.1 Å². The van der Waals surface area contributed by atoms with Crippen molar-refractivity contribution in [3.63, 3.8) is 0 Å². The van der Waals surface area contributed by atoms with Gasteiger partial charge in [0, 0.05) is 24.9 Å². The number of phenolic OH excluding ortho intramolecular Hbond substituents is 1. The van der Waals surface area contributed by atoms with Gasteiger partial charge in [-0.25, -0.2) is 9.59 Å². The first-order chi connectivity index (χ1) is 11.5. The molecule has 0 bridgehead atoms. The van der Waals surface area contributed by atoms with E-state index in [4.69, 9.17) is 0 Å². The van der Waals surface area contributed by atoms with Gasteiger partial charge in [-0.05, 0) is 17.7 Å². The van der Waals surface area contributed by atoms with Crippen LogP contribution in [0.1, 0.15) is 11.5 Å². The summed E-state index contributed by atoms with van der Waals surface area (Å²) in [4.78, 5) is 47.1. The smallest absolute Gasteiger partial charge is 0.328 e. The Hall–Kier alpha value is -3.10. The number of hydrogen-bond acceptors (Lipinski definition) is 5. The lowest BCUT2D eigenvalue weighted by atomic mass is 9.74. The van der Waals surface area contributed by atoms with Gasteiger partial charge in [0.2, 0.25) is 11.8 Å². The first kappa shape index (κ1) is 15.8. The van der Waals surface area contributed by atoms with Crippen molar-refractivity contribution in [2.75, 3.05) is 13.1 Å². The molecule has 6 amide bonds. The zero-order valence-corrected chi connectivity index (χ0v) is 12.5. The first-order valence-electron chi connectivity index (χ1n) is 7.42. The quantitative estimate of drug-likeness (QED) is 0.470. The summed E-state index contributed by atoms with van der Waals surface area (Å²) in [6, 6.07) is 4.99. The van der Waals surface area contributed by atoms with E-state index in [9.17, 15) is 24.3 Å². The Bertz CT molecular complexity index is 672. The average molecular weight is 332 g/mol. The molecule has 0 radical (unpaired) electrons. The molecule has 2 aliphatic heterocycles. The number of imide groups is 2. The Morgan fingerprint density at radius 3 is 1.96 bits per heavy atom. The Morgan fingerprint density at radius 1 is 0.875 bits per heavy atom. The Kier molecular flexibility index (Phi) is 4.07. The van der Waals surface area contributed by atoms with E-state index in [-0.39, 0.29) is 30.8 Å². The molecule has 2 heterocycles. The minimum Gasteiger partial charge on any atom is -0.508 e. The second kappa shape index (κ2) is 6.19. The normalized spacial score (nSPS) is 20.7. The molecule has 5 N–H and O–H groups in total. The fraction of sp³-hybridized carbons (Fsp3) is 0.333. The first-order valence-corrected chi connectivity index (χ1v) is 7.42. The molecule has 9 nitrogen and oxygen atoms in total. The van der Waals surface area contributed by atoms with Crippen LogP contribution in [0, 0.1) is 11.8 Å². The minimum atomic E-state index is -1.12. The predicted octanol–water partition coefficient (Wildman–Crippen LogP) is -0.613. The Morgan fingerprint density at radius 2 is 1.42 bits per heavy atom. The van der Waals surface area contributed by atoms with Crippen LogP contribution in [0.2, 0.25) is 0 Å². The van der Waals surface area contributed by atoms with E-state index in [0.717, 1.165) is 0 Å². The number of amides is 6. The second-order valence-corrected chi connectivity index (χ2v) is 5.75. The molecule has 0 aromatic heterocycles. The molecule has 0 spiro atoms. The van der Waals surface area contributed by atoms with Crippen molar-refractivity contribution in [2.45, 2.75) is 5.92 Å². The maximum Gasteiger partial charge on any atom is 0.328 e. The largest absolute Gasteiger partial charge is 0.508 e. The SMILES string of the molecule is O=C1NCC(C(c2ccc(O)cc2)C2C(=O)NC(=O)NC2=O)CN1. The third-order valence-electron chi connectivity index (χ3n) is 4.23. The number of benzene rings is 1. The van der Waals surface area contributed by atoms with Gasteiger partial charge in [0.05, 0.1) is 0 Å². The molecule has 9 heteroatoms. The highest BCUT2D eigenvalue weighted by molar-refractivity contribution is 6.16. The molecule has 1 aromatic carbocycles. The van der Waals surface area contributed by atoms with Crippen molar-refractivity contribution in [1.82, 2.24) is 21.3 Å². The van der Waals surface area contributed by atoms with Gasteiger partial charge in [-0.3, -0.25) is 20.2 Å². The van der Waals surface area contributed by atoms with E-state index in [1.807, 2.05) is 0 Å². The molecule has 1 atom stereocenters. The minimum absolute atomic E-state index is 0.0558. The standard InChI is InChI=1S/C15H16N4O5/c20-9-3-1-7(2-4-9)10(8-5-16-14(23)17-6-8)11-12(21)18-15(24)19-13(11)22/h1-4,8,10-11,20H,5-6H2,(H2,16,17,23)(H2,18,19,21,22,24). The number of nitrogens with one attached hydrogen (secondary N) is 4. The number of urea groups is 2. The summed E-state index contributed by atoms with van der Waals surface area (Å²) in [6.07, 6.45) is 0. The van der Waals surface area contributed by atoms with Crippen LogP contribution >= 0.6 is 0 Å². The molecule has 3 rings (SSSR count). The molecule has 126 valence electrons. The maximum atomic E-state index is 12.3. The van der Waals surface area contributed by atoms with Crippen LogP contribution in [-0.4, -0.2) is 42.1 Å². The maximum absolute atomic E-state index is 12.3. The van der Waals surface area contributed by atoms with Crippen molar-refractivity contribution in [2.24, 2.45) is 11.8 Å². The van der Waals surface area contributed by atoms with Crippen molar-refractivity contribution >= 4 is 23.9 Å². The zero-order chi connectivity index (χ0) is 17.3. The highest BCUT2D eigenvalue weighted by atomic mass is 16.3. The number of carbonyl (C=O) groups is 4. The van der Waals surface area contributed by atoms with Gasteiger partial charge < -0.3 is 15.7 Å². The molecular weight excluding hydrogens is 316 g/mol. The van der Waals surface area contributed by atoms with Crippen LogP contribution in [0.25, 0.3) is 0 Å². The van der Waals surface area contributed by atoms with Crippen molar-refractivity contribution in [1.29, 1.82) is 0 Å². The molecule has 1 unspecified atom stereocenters. The van der Waals surface area contributed by atoms with Gasteiger partial charge in [-0.2, -0.15) is 0 Å². The highest BCUT2D eigenvalue weighted by Gasteiger charge is 2.44. The topological polar surface area (TPSA) is 137 Å². The van der Waals surface area contributed by atoms with Gasteiger partial charge in [-0.15, -0.1) is 0 Å². The fourth-order valence-corrected chi connectivity index (χ4v) is 3.13. The number of hydrogen-bond donors (Lipinski definition) is 5. The summed E-state index contributed by atoms with van der Waals surface area (Å²) in [7, 11) is 0. The molecule has 2 saturated heterocycles. The summed E-state index contributed by atoms with van der Waals surface area (Å²) < 4.78 is 0. The summed E-state index contributed by atoms with van der Waals surface area (Å²) >= 11 is 0. The molecule has 2 fully saturated rings. The number of aromatic hydroxyl groups is 1. The van der Waals surface area contributed by atoms with E-state index in [2.05, 4.69) is 21.3 Å². The molecule has 2 aliphatic rings. The van der Waals surface area contributed by atoms with Crippen molar-refractivity contribution in [3.05, 3.63) is 29.8 Å². The van der Waals surface area contributed by atoms with Crippen LogP contribution in [0.4, 0.5) is 9.59 Å². The van der Waals surface area contributed by atoms with Crippen molar-refractivity contribution in [3.8, 4) is 5.75 Å². The summed E-state index contributed by atoms with van der Waals surface area (Å²) in [5.74, 6) is -3.25. The Balaban J connectivity index is 1.96. The van der Waals surface area contributed by atoms with Gasteiger partial charge in [-0.1, -0.05) is 12.1 Å². The molecule has 24 heavy (non-hydrogen) atoms. The Labute approximate surface area is 136 Å². The van der Waals surface area contributed by atoms with Gasteiger partial charge in [0.15, 0.2) is 0 Å². The van der Waals surface area contributed by atoms with Crippen LogP contribution in [0.5, 0.6) is 5.75 Å². The van der Waals surface area contributed by atoms with Gasteiger partial charge >= 0.3 is 12.1 Å². The lowest BCUT2D eigenvalue weighted by Gasteiger charge is -2.36. The van der Waals surface area contributed by atoms with Crippen LogP contribution in [0.15, 0.2) is 24.3 Å². The van der Waals surface area contributed by atoms with Crippen LogP contribution in [-0.2, 0) is 9.59 Å². The second-order valence-electron chi connectivity index (χ2n) is 5.75. The molecular formula is C15H16N4O5. The fourth-order valence-electron chi connectivity index (χ4n) is 3.13. The van der Waals surface area contributed by atoms with Crippen molar-refractivity contribution < 1.29 is 24.3 Å². The lowest BCUT2D eigenvalue weighted by molar-refractivity contribution is -0.137. The number of barbiturate groups is 1. The number of rotatable bonds is 3. The summed E-state index contributed by atoms with van der Waals surface area (Å²) in [5, 5.41) is 18.9. The van der Waals surface area contributed by atoms with E-state index < -0.39 is 29.7 Å². The lowest BCUT2D eigenvalue weighted by Crippen LogP contribution is -2.60. The number of phenols is 1. The average Bonchev–Trinajstić information content (AvgIpc) is 2.53. The predicted molar refractivity (Wildman–Crippen MR) is 80.9 cm³/mol. The summed E-state index contributed by atoms with van der Waals surface area (Å²) in [5.41, 5.74) is 0.653. The summed E-state index contributed by atoms with van der Waals surface area (Å²) in [6.45, 7) is 0.560. The monoisotopic (exact) mass is 332 g/mol. The number of carbonyl (C=O) groups excluding carboxylic acids is 4. The van der Waals surface area contributed by atoms with Crippen LogP contribution in [0.3, 0.4) is 0 Å². The third kappa shape index (κ3) is 3.00. The molecule has 1 aromatic rings. The van der Waals surface area contributed by atoms with Gasteiger partial charge in [0.1, 0.15) is 11.7 Å². The van der Waals surface area contributed by atoms with E-state index in [0.29, 0.717) is 5.56 Å². The van der Waals surface area contributed by atoms with E-state index in [1.54, 1.807) is 12.1 Å². The van der Waals surface area contributed by atoms with E-state index >= 15 is 0 Å². The van der Waals surface area contributed by atoms with Crippen LogP contribution < -0.4 is 21.3 Å². The molecule has 0 saturated carbocycles.